The van der Waals surface area contributed by atoms with Gasteiger partial charge in [-0.1, -0.05) is 6.07 Å². The first-order chi connectivity index (χ1) is 10.1. The summed E-state index contributed by atoms with van der Waals surface area (Å²) in [7, 11) is 1.53. The van der Waals surface area contributed by atoms with Crippen molar-refractivity contribution in [1.82, 2.24) is 4.98 Å². The van der Waals surface area contributed by atoms with E-state index in [2.05, 4.69) is 4.98 Å². The van der Waals surface area contributed by atoms with Crippen molar-refractivity contribution in [3.63, 3.8) is 0 Å². The molecule has 3 rings (SSSR count). The molecule has 0 fully saturated rings. The lowest BCUT2D eigenvalue weighted by Crippen LogP contribution is -2.29. The number of anilines is 1. The molecule has 1 aromatic carbocycles. The molecule has 0 N–H and O–H groups in total. The number of Topliss-reactive ketones (excluding diaryl/α,β-unsaturated/α-hetero) is 1. The molecule has 2 aromatic rings. The Bertz CT molecular complexity index is 740. The number of carbonyl (C=O) groups is 2. The Morgan fingerprint density at radius 1 is 1.19 bits per heavy atom. The molecule has 21 heavy (non-hydrogen) atoms. The number of pyridine rings is 1. The van der Waals surface area contributed by atoms with Crippen LogP contribution in [0.5, 0.6) is 5.75 Å². The Kier molecular flexibility index (Phi) is 3.17. The molecule has 106 valence electrons. The van der Waals surface area contributed by atoms with Crippen molar-refractivity contribution in [2.24, 2.45) is 0 Å². The fourth-order valence-corrected chi connectivity index (χ4v) is 2.45. The van der Waals surface area contributed by atoms with E-state index < -0.39 is 11.7 Å². The summed E-state index contributed by atoms with van der Waals surface area (Å²) in [5, 5.41) is 0. The third-order valence-corrected chi connectivity index (χ3v) is 3.45. The van der Waals surface area contributed by atoms with E-state index in [4.69, 9.17) is 4.74 Å². The van der Waals surface area contributed by atoms with Crippen LogP contribution in [0.2, 0.25) is 0 Å². The zero-order valence-corrected chi connectivity index (χ0v) is 11.8. The average molecular weight is 282 g/mol. The fourth-order valence-electron chi connectivity index (χ4n) is 2.45. The third-order valence-electron chi connectivity index (χ3n) is 3.45. The number of ketones is 1. The molecule has 1 aliphatic rings. The minimum atomic E-state index is -0.514. The molecular formula is C16H14N2O3. The summed E-state index contributed by atoms with van der Waals surface area (Å²) in [6.45, 7) is 2.27. The second-order valence-corrected chi connectivity index (χ2v) is 4.97. The number of amides is 1. The van der Waals surface area contributed by atoms with Crippen molar-refractivity contribution in [2.45, 2.75) is 13.5 Å². The van der Waals surface area contributed by atoms with Crippen molar-refractivity contribution < 1.29 is 14.3 Å². The summed E-state index contributed by atoms with van der Waals surface area (Å²) in [6.07, 6.45) is 3.45. The van der Waals surface area contributed by atoms with E-state index in [0.717, 1.165) is 11.1 Å². The summed E-state index contributed by atoms with van der Waals surface area (Å²) in [6, 6.07) is 7.03. The predicted octanol–water partition coefficient (Wildman–Crippen LogP) is 2.13. The number of nitrogens with zero attached hydrogens (tertiary/aromatic N) is 2. The van der Waals surface area contributed by atoms with Gasteiger partial charge in [-0.3, -0.25) is 14.6 Å². The number of rotatable bonds is 3. The van der Waals surface area contributed by atoms with Gasteiger partial charge in [-0.25, -0.2) is 0 Å². The molecule has 2 heterocycles. The van der Waals surface area contributed by atoms with Gasteiger partial charge >= 0.3 is 0 Å². The average Bonchev–Trinajstić information content (AvgIpc) is 2.72. The van der Waals surface area contributed by atoms with Crippen LogP contribution >= 0.6 is 0 Å². The monoisotopic (exact) mass is 282 g/mol. The van der Waals surface area contributed by atoms with E-state index >= 15 is 0 Å². The van der Waals surface area contributed by atoms with Gasteiger partial charge in [0.1, 0.15) is 5.75 Å². The number of ether oxygens (including phenoxy) is 1. The summed E-state index contributed by atoms with van der Waals surface area (Å²) in [5.74, 6) is -0.446. The highest BCUT2D eigenvalue weighted by Crippen LogP contribution is 2.33. The maximum absolute atomic E-state index is 12.2. The van der Waals surface area contributed by atoms with Gasteiger partial charge in [0.05, 0.1) is 24.9 Å². The van der Waals surface area contributed by atoms with Crippen LogP contribution < -0.4 is 9.64 Å². The van der Waals surface area contributed by atoms with Gasteiger partial charge in [-0.15, -0.1) is 0 Å². The molecule has 1 aromatic heterocycles. The highest BCUT2D eigenvalue weighted by Gasteiger charge is 2.36. The number of hydrogen-bond donors (Lipinski definition) is 0. The predicted molar refractivity (Wildman–Crippen MR) is 77.5 cm³/mol. The molecule has 0 spiro atoms. The largest absolute Gasteiger partial charge is 0.497 e. The number of benzene rings is 1. The van der Waals surface area contributed by atoms with Crippen molar-refractivity contribution in [2.75, 3.05) is 12.0 Å². The van der Waals surface area contributed by atoms with Gasteiger partial charge in [0.2, 0.25) is 0 Å². The first-order valence-electron chi connectivity index (χ1n) is 6.55. The van der Waals surface area contributed by atoms with E-state index in [1.54, 1.807) is 30.6 Å². The van der Waals surface area contributed by atoms with Gasteiger partial charge in [-0.2, -0.15) is 0 Å². The SMILES string of the molecule is COc1ccc2c(c1)C(=O)C(=O)N2Cc1cncc(C)c1. The smallest absolute Gasteiger partial charge is 0.299 e. The van der Waals surface area contributed by atoms with Crippen molar-refractivity contribution in [3.8, 4) is 5.75 Å². The van der Waals surface area contributed by atoms with Gasteiger partial charge < -0.3 is 9.64 Å². The van der Waals surface area contributed by atoms with Gasteiger partial charge in [0, 0.05) is 12.4 Å². The summed E-state index contributed by atoms with van der Waals surface area (Å²) < 4.78 is 5.10. The van der Waals surface area contributed by atoms with Crippen molar-refractivity contribution in [1.29, 1.82) is 0 Å². The van der Waals surface area contributed by atoms with Crippen LogP contribution in [-0.4, -0.2) is 23.8 Å². The molecule has 1 aliphatic heterocycles. The normalized spacial score (nSPS) is 13.5. The highest BCUT2D eigenvalue weighted by atomic mass is 16.5. The molecule has 0 saturated heterocycles. The van der Waals surface area contributed by atoms with Crippen LogP contribution in [-0.2, 0) is 11.3 Å². The second kappa shape index (κ2) is 5.01. The Labute approximate surface area is 122 Å². The topological polar surface area (TPSA) is 59.5 Å². The summed E-state index contributed by atoms with van der Waals surface area (Å²) in [4.78, 5) is 29.8. The molecule has 0 atom stereocenters. The zero-order chi connectivity index (χ0) is 15.0. The molecule has 0 unspecified atom stereocenters. The zero-order valence-electron chi connectivity index (χ0n) is 11.8. The fraction of sp³-hybridized carbons (Fsp3) is 0.188. The second-order valence-electron chi connectivity index (χ2n) is 4.97. The number of hydrogen-bond acceptors (Lipinski definition) is 4. The Balaban J connectivity index is 1.98. The lowest BCUT2D eigenvalue weighted by molar-refractivity contribution is -0.114. The Morgan fingerprint density at radius 3 is 2.71 bits per heavy atom. The quantitative estimate of drug-likeness (QED) is 0.809. The van der Waals surface area contributed by atoms with Crippen molar-refractivity contribution >= 4 is 17.4 Å². The van der Waals surface area contributed by atoms with Crippen LogP contribution in [0, 0.1) is 6.92 Å². The number of aromatic nitrogens is 1. The van der Waals surface area contributed by atoms with Crippen LogP contribution in [0.4, 0.5) is 5.69 Å². The maximum Gasteiger partial charge on any atom is 0.299 e. The summed E-state index contributed by atoms with van der Waals surface area (Å²) >= 11 is 0. The molecule has 0 bridgehead atoms. The highest BCUT2D eigenvalue weighted by molar-refractivity contribution is 6.52. The maximum atomic E-state index is 12.2. The molecule has 0 aliphatic carbocycles. The van der Waals surface area contributed by atoms with E-state index in [1.807, 2.05) is 13.0 Å². The lowest BCUT2D eigenvalue weighted by Gasteiger charge is -2.16. The molecule has 5 heteroatoms. The van der Waals surface area contributed by atoms with E-state index in [-0.39, 0.29) is 0 Å². The van der Waals surface area contributed by atoms with E-state index in [1.165, 1.54) is 12.0 Å². The molecule has 0 radical (unpaired) electrons. The minimum absolute atomic E-state index is 0.332. The molecule has 5 nitrogen and oxygen atoms in total. The van der Waals surface area contributed by atoms with Gasteiger partial charge in [-0.05, 0) is 36.2 Å². The van der Waals surface area contributed by atoms with Crippen LogP contribution in [0.1, 0.15) is 21.5 Å². The Hall–Kier alpha value is -2.69. The third kappa shape index (κ3) is 2.27. The van der Waals surface area contributed by atoms with Crippen LogP contribution in [0.15, 0.2) is 36.7 Å². The summed E-state index contributed by atoms with van der Waals surface area (Å²) in [5.41, 5.74) is 2.91. The first kappa shape index (κ1) is 13.3. The van der Waals surface area contributed by atoms with Gasteiger partial charge in [0.25, 0.3) is 11.7 Å². The Morgan fingerprint density at radius 2 is 2.00 bits per heavy atom. The molecular weight excluding hydrogens is 268 g/mol. The van der Waals surface area contributed by atoms with E-state index in [0.29, 0.717) is 23.5 Å². The standard InChI is InChI=1S/C16H14N2O3/c1-10-5-11(8-17-7-10)9-18-14-4-3-12(21-2)6-13(14)15(19)16(18)20/h3-8H,9H2,1-2H3. The van der Waals surface area contributed by atoms with E-state index in [9.17, 15) is 9.59 Å². The van der Waals surface area contributed by atoms with Crippen LogP contribution in [0.3, 0.4) is 0 Å². The number of methoxy groups -OCH3 is 1. The van der Waals surface area contributed by atoms with Gasteiger partial charge in [0.15, 0.2) is 0 Å². The van der Waals surface area contributed by atoms with Crippen molar-refractivity contribution in [3.05, 3.63) is 53.3 Å². The number of aryl methyl sites for hydroxylation is 1. The lowest BCUT2D eigenvalue weighted by atomic mass is 10.1. The van der Waals surface area contributed by atoms with Crippen LogP contribution in [0.25, 0.3) is 0 Å². The minimum Gasteiger partial charge on any atom is -0.497 e. The first-order valence-corrected chi connectivity index (χ1v) is 6.55. The molecule has 1 amide bonds. The molecule has 0 saturated carbocycles. The number of carbonyl (C=O) groups excluding carboxylic acids is 2. The number of fused-ring (bicyclic) bond motifs is 1.